The Morgan fingerprint density at radius 1 is 1.28 bits per heavy atom. The van der Waals surface area contributed by atoms with Crippen molar-refractivity contribution in [3.63, 3.8) is 0 Å². The van der Waals surface area contributed by atoms with Crippen LogP contribution in [-0.2, 0) is 5.41 Å². The number of hydrazone groups is 1. The van der Waals surface area contributed by atoms with Gasteiger partial charge in [0.25, 0.3) is 5.69 Å². The SMILES string of the molecule is COc1ccc(N/N=C/C(=N)C(C)(C)c2ccccc2)c([N+](=O)[O-])c1. The molecule has 0 fully saturated rings. The monoisotopic (exact) mass is 340 g/mol. The summed E-state index contributed by atoms with van der Waals surface area (Å²) in [5, 5.41) is 23.4. The van der Waals surface area contributed by atoms with Crippen LogP contribution in [0.4, 0.5) is 11.4 Å². The third-order valence-corrected chi connectivity index (χ3v) is 3.95. The summed E-state index contributed by atoms with van der Waals surface area (Å²) in [6.07, 6.45) is 1.36. The van der Waals surface area contributed by atoms with E-state index in [1.807, 2.05) is 44.2 Å². The predicted molar refractivity (Wildman–Crippen MR) is 99.0 cm³/mol. The molecule has 0 atom stereocenters. The topological polar surface area (TPSA) is 101 Å². The summed E-state index contributed by atoms with van der Waals surface area (Å²) in [5.41, 5.74) is 3.45. The lowest BCUT2D eigenvalue weighted by Gasteiger charge is -2.23. The molecule has 2 aromatic rings. The summed E-state index contributed by atoms with van der Waals surface area (Å²) in [6, 6.07) is 14.1. The molecule has 0 bridgehead atoms. The van der Waals surface area contributed by atoms with Gasteiger partial charge in [0, 0.05) is 5.41 Å². The van der Waals surface area contributed by atoms with Gasteiger partial charge in [0.1, 0.15) is 11.4 Å². The van der Waals surface area contributed by atoms with Gasteiger partial charge in [0.15, 0.2) is 0 Å². The molecule has 0 radical (unpaired) electrons. The van der Waals surface area contributed by atoms with Crippen LogP contribution >= 0.6 is 0 Å². The predicted octanol–water partition coefficient (Wildman–Crippen LogP) is 4.00. The first kappa shape index (κ1) is 18.1. The Kier molecular flexibility index (Phi) is 5.49. The van der Waals surface area contributed by atoms with E-state index in [1.165, 1.54) is 25.5 Å². The van der Waals surface area contributed by atoms with Gasteiger partial charge in [-0.3, -0.25) is 15.5 Å². The van der Waals surface area contributed by atoms with E-state index in [2.05, 4.69) is 10.5 Å². The Labute approximate surface area is 146 Å². The average Bonchev–Trinajstić information content (AvgIpc) is 2.62. The summed E-state index contributed by atoms with van der Waals surface area (Å²) in [6.45, 7) is 3.85. The number of hydrogen-bond donors (Lipinski definition) is 2. The number of nitrogens with zero attached hydrogens (tertiary/aromatic N) is 2. The number of methoxy groups -OCH3 is 1. The standard InChI is InChI=1S/C18H20N4O3/c1-18(2,13-7-5-4-6-8-13)17(19)12-20-21-15-10-9-14(25-3)11-16(15)22(23)24/h4-12,19,21H,1-3H3/b19-17?,20-12+. The molecule has 7 nitrogen and oxygen atoms in total. The van der Waals surface area contributed by atoms with Crippen molar-refractivity contribution in [2.24, 2.45) is 5.10 Å². The Bertz CT molecular complexity index is 801. The summed E-state index contributed by atoms with van der Waals surface area (Å²) < 4.78 is 4.99. The largest absolute Gasteiger partial charge is 0.496 e. The third-order valence-electron chi connectivity index (χ3n) is 3.95. The Morgan fingerprint density at radius 2 is 1.96 bits per heavy atom. The lowest BCUT2D eigenvalue weighted by Crippen LogP contribution is -2.29. The van der Waals surface area contributed by atoms with Crippen molar-refractivity contribution in [3.8, 4) is 5.75 Å². The molecular weight excluding hydrogens is 320 g/mol. The summed E-state index contributed by atoms with van der Waals surface area (Å²) in [4.78, 5) is 10.6. The van der Waals surface area contributed by atoms with Gasteiger partial charge in [-0.1, -0.05) is 44.2 Å². The molecule has 7 heteroatoms. The zero-order valence-electron chi connectivity index (χ0n) is 14.3. The van der Waals surface area contributed by atoms with E-state index in [-0.39, 0.29) is 17.1 Å². The first-order chi connectivity index (χ1) is 11.9. The zero-order valence-corrected chi connectivity index (χ0v) is 14.3. The molecule has 0 saturated carbocycles. The van der Waals surface area contributed by atoms with E-state index in [0.717, 1.165) is 5.56 Å². The number of nitro groups is 1. The van der Waals surface area contributed by atoms with Gasteiger partial charge in [-0.2, -0.15) is 5.10 Å². The number of benzene rings is 2. The quantitative estimate of drug-likeness (QED) is 0.452. The summed E-state index contributed by atoms with van der Waals surface area (Å²) >= 11 is 0. The van der Waals surface area contributed by atoms with E-state index >= 15 is 0 Å². The van der Waals surface area contributed by atoms with Gasteiger partial charge in [0.05, 0.1) is 30.0 Å². The number of rotatable bonds is 7. The summed E-state index contributed by atoms with van der Waals surface area (Å²) in [5.74, 6) is 0.388. The van der Waals surface area contributed by atoms with Crippen molar-refractivity contribution in [1.82, 2.24) is 0 Å². The zero-order chi connectivity index (χ0) is 18.4. The van der Waals surface area contributed by atoms with Gasteiger partial charge in [-0.25, -0.2) is 0 Å². The van der Waals surface area contributed by atoms with E-state index in [9.17, 15) is 10.1 Å². The molecule has 2 N–H and O–H groups in total. The van der Waals surface area contributed by atoms with Crippen LogP contribution < -0.4 is 10.2 Å². The van der Waals surface area contributed by atoms with E-state index < -0.39 is 10.3 Å². The maximum absolute atomic E-state index is 11.1. The lowest BCUT2D eigenvalue weighted by atomic mass is 9.80. The van der Waals surface area contributed by atoms with Gasteiger partial charge < -0.3 is 10.1 Å². The van der Waals surface area contributed by atoms with Crippen LogP contribution in [0.25, 0.3) is 0 Å². The minimum atomic E-state index is -0.529. The van der Waals surface area contributed by atoms with Crippen LogP contribution in [0.5, 0.6) is 5.75 Å². The molecule has 130 valence electrons. The van der Waals surface area contributed by atoms with Crippen LogP contribution in [0.2, 0.25) is 0 Å². The second kappa shape index (κ2) is 7.57. The minimum Gasteiger partial charge on any atom is -0.496 e. The number of anilines is 1. The fourth-order valence-corrected chi connectivity index (χ4v) is 2.22. The van der Waals surface area contributed by atoms with Crippen LogP contribution in [0.15, 0.2) is 53.6 Å². The van der Waals surface area contributed by atoms with Crippen LogP contribution in [0.1, 0.15) is 19.4 Å². The number of ether oxygens (including phenoxy) is 1. The van der Waals surface area contributed by atoms with Crippen LogP contribution in [0, 0.1) is 15.5 Å². The van der Waals surface area contributed by atoms with E-state index in [0.29, 0.717) is 5.75 Å². The minimum absolute atomic E-state index is 0.148. The second-order valence-electron chi connectivity index (χ2n) is 5.91. The first-order valence-corrected chi connectivity index (χ1v) is 7.62. The van der Waals surface area contributed by atoms with Crippen molar-refractivity contribution in [2.45, 2.75) is 19.3 Å². The molecule has 0 aliphatic heterocycles. The smallest absolute Gasteiger partial charge is 0.297 e. The number of nitrogens with one attached hydrogen (secondary N) is 2. The van der Waals surface area contributed by atoms with Gasteiger partial charge >= 0.3 is 0 Å². The molecular formula is C18H20N4O3. The molecule has 0 spiro atoms. The molecule has 2 rings (SSSR count). The molecule has 2 aromatic carbocycles. The first-order valence-electron chi connectivity index (χ1n) is 7.62. The highest BCUT2D eigenvalue weighted by molar-refractivity contribution is 6.33. The fourth-order valence-electron chi connectivity index (χ4n) is 2.22. The van der Waals surface area contributed by atoms with Crippen molar-refractivity contribution in [1.29, 1.82) is 5.41 Å². The Morgan fingerprint density at radius 3 is 2.56 bits per heavy atom. The van der Waals surface area contributed by atoms with Crippen molar-refractivity contribution in [2.75, 3.05) is 12.5 Å². The Hall–Kier alpha value is -3.22. The average molecular weight is 340 g/mol. The number of hydrogen-bond acceptors (Lipinski definition) is 6. The number of nitro benzene ring substituents is 1. The molecule has 0 saturated heterocycles. The highest BCUT2D eigenvalue weighted by Crippen LogP contribution is 2.29. The molecule has 0 aliphatic carbocycles. The van der Waals surface area contributed by atoms with Crippen molar-refractivity contribution >= 4 is 23.3 Å². The maximum Gasteiger partial charge on any atom is 0.297 e. The van der Waals surface area contributed by atoms with Gasteiger partial charge in [-0.15, -0.1) is 0 Å². The third kappa shape index (κ3) is 4.20. The molecule has 0 amide bonds. The van der Waals surface area contributed by atoms with Gasteiger partial charge in [-0.05, 0) is 17.7 Å². The van der Waals surface area contributed by atoms with Crippen molar-refractivity contribution < 1.29 is 9.66 Å². The van der Waals surface area contributed by atoms with Gasteiger partial charge in [0.2, 0.25) is 0 Å². The normalized spacial score (nSPS) is 11.3. The van der Waals surface area contributed by atoms with E-state index in [1.54, 1.807) is 6.07 Å². The molecule has 0 aliphatic rings. The second-order valence-corrected chi connectivity index (χ2v) is 5.91. The fraction of sp³-hybridized carbons (Fsp3) is 0.222. The van der Waals surface area contributed by atoms with Crippen LogP contribution in [0.3, 0.4) is 0 Å². The highest BCUT2D eigenvalue weighted by Gasteiger charge is 2.24. The highest BCUT2D eigenvalue weighted by atomic mass is 16.6. The van der Waals surface area contributed by atoms with E-state index in [4.69, 9.17) is 10.1 Å². The maximum atomic E-state index is 11.1. The van der Waals surface area contributed by atoms with Crippen LogP contribution in [-0.4, -0.2) is 24.0 Å². The Balaban J connectivity index is 2.16. The molecule has 0 aromatic heterocycles. The molecule has 0 unspecified atom stereocenters. The van der Waals surface area contributed by atoms with Crippen molar-refractivity contribution in [3.05, 3.63) is 64.2 Å². The molecule has 25 heavy (non-hydrogen) atoms. The molecule has 0 heterocycles. The summed E-state index contributed by atoms with van der Waals surface area (Å²) in [7, 11) is 1.44. The lowest BCUT2D eigenvalue weighted by molar-refractivity contribution is -0.384.